The Morgan fingerprint density at radius 2 is 2.23 bits per heavy atom. The minimum atomic E-state index is -1.05. The van der Waals surface area contributed by atoms with Crippen molar-refractivity contribution in [3.8, 4) is 5.82 Å². The van der Waals surface area contributed by atoms with Crippen LogP contribution in [0.25, 0.3) is 5.82 Å². The van der Waals surface area contributed by atoms with Crippen molar-refractivity contribution in [2.45, 2.75) is 26.3 Å². The molecular formula is C14H17N5O3. The van der Waals surface area contributed by atoms with E-state index in [4.69, 9.17) is 0 Å². The third kappa shape index (κ3) is 3.46. The quantitative estimate of drug-likeness (QED) is 0.820. The van der Waals surface area contributed by atoms with Crippen molar-refractivity contribution in [3.05, 3.63) is 36.5 Å². The van der Waals surface area contributed by atoms with Gasteiger partial charge in [0.05, 0.1) is 0 Å². The van der Waals surface area contributed by atoms with Gasteiger partial charge in [0.1, 0.15) is 18.7 Å². The second-order valence-corrected chi connectivity index (χ2v) is 4.92. The molecule has 0 unspecified atom stereocenters. The summed E-state index contributed by atoms with van der Waals surface area (Å²) in [5.41, 5.74) is 0.315. The summed E-state index contributed by atoms with van der Waals surface area (Å²) in [6, 6.07) is 2.12. The first kappa shape index (κ1) is 15.6. The third-order valence-electron chi connectivity index (χ3n) is 3.43. The van der Waals surface area contributed by atoms with Crippen molar-refractivity contribution in [2.24, 2.45) is 5.92 Å². The molecule has 0 saturated heterocycles. The number of carbonyl (C=O) groups excluding carboxylic acids is 1. The molecule has 0 bridgehead atoms. The first-order valence-electron chi connectivity index (χ1n) is 6.87. The van der Waals surface area contributed by atoms with E-state index in [0.717, 1.165) is 0 Å². The van der Waals surface area contributed by atoms with Gasteiger partial charge in [0, 0.05) is 11.8 Å². The molecule has 8 nitrogen and oxygen atoms in total. The van der Waals surface area contributed by atoms with Crippen LogP contribution in [0.2, 0.25) is 0 Å². The summed E-state index contributed by atoms with van der Waals surface area (Å²) in [5, 5.41) is 15.7. The summed E-state index contributed by atoms with van der Waals surface area (Å²) in [4.78, 5) is 31.4. The van der Waals surface area contributed by atoms with Crippen molar-refractivity contribution in [2.75, 3.05) is 0 Å². The van der Waals surface area contributed by atoms with E-state index in [-0.39, 0.29) is 5.92 Å². The summed E-state index contributed by atoms with van der Waals surface area (Å²) in [6.45, 7) is 3.66. The fourth-order valence-electron chi connectivity index (χ4n) is 1.92. The average molecular weight is 303 g/mol. The molecule has 0 spiro atoms. The zero-order valence-electron chi connectivity index (χ0n) is 12.3. The molecule has 8 heteroatoms. The molecule has 0 saturated carbocycles. The number of nitrogens with one attached hydrogen (secondary N) is 1. The fraction of sp³-hybridized carbons (Fsp3) is 0.357. The highest BCUT2D eigenvalue weighted by atomic mass is 16.4. The number of amides is 1. The SMILES string of the molecule is CC[C@H](C)[C@H](NC(=O)c1ccnc(-n2cncn2)c1)C(=O)O. The van der Waals surface area contributed by atoms with Crippen LogP contribution in [0.3, 0.4) is 0 Å². The molecule has 0 aliphatic rings. The van der Waals surface area contributed by atoms with Crippen LogP contribution in [-0.2, 0) is 4.79 Å². The van der Waals surface area contributed by atoms with E-state index >= 15 is 0 Å². The topological polar surface area (TPSA) is 110 Å². The van der Waals surface area contributed by atoms with E-state index in [1.54, 1.807) is 6.92 Å². The molecule has 0 fully saturated rings. The summed E-state index contributed by atoms with van der Waals surface area (Å²) in [6.07, 6.45) is 4.93. The van der Waals surface area contributed by atoms with Crippen LogP contribution in [0, 0.1) is 5.92 Å². The highest BCUT2D eigenvalue weighted by Crippen LogP contribution is 2.10. The molecule has 0 radical (unpaired) electrons. The number of hydrogen-bond acceptors (Lipinski definition) is 5. The van der Waals surface area contributed by atoms with Gasteiger partial charge in [-0.15, -0.1) is 0 Å². The van der Waals surface area contributed by atoms with Gasteiger partial charge in [0.25, 0.3) is 5.91 Å². The first-order valence-corrected chi connectivity index (χ1v) is 6.87. The van der Waals surface area contributed by atoms with E-state index < -0.39 is 17.9 Å². The van der Waals surface area contributed by atoms with E-state index in [1.807, 2.05) is 6.92 Å². The molecule has 2 atom stereocenters. The Morgan fingerprint density at radius 3 is 2.82 bits per heavy atom. The molecule has 116 valence electrons. The van der Waals surface area contributed by atoms with Gasteiger partial charge in [-0.2, -0.15) is 5.10 Å². The largest absolute Gasteiger partial charge is 0.480 e. The monoisotopic (exact) mass is 303 g/mol. The Balaban J connectivity index is 2.19. The van der Waals surface area contributed by atoms with Crippen molar-refractivity contribution < 1.29 is 14.7 Å². The number of rotatable bonds is 6. The van der Waals surface area contributed by atoms with Gasteiger partial charge < -0.3 is 10.4 Å². The Morgan fingerprint density at radius 1 is 1.45 bits per heavy atom. The maximum absolute atomic E-state index is 12.3. The first-order chi connectivity index (χ1) is 10.5. The lowest BCUT2D eigenvalue weighted by Gasteiger charge is -2.20. The Bertz CT molecular complexity index is 656. The van der Waals surface area contributed by atoms with E-state index in [0.29, 0.717) is 17.8 Å². The van der Waals surface area contributed by atoms with E-state index in [1.165, 1.54) is 35.7 Å². The number of aromatic nitrogens is 4. The molecule has 1 amide bonds. The summed E-state index contributed by atoms with van der Waals surface area (Å²) in [7, 11) is 0. The van der Waals surface area contributed by atoms with Gasteiger partial charge in [-0.3, -0.25) is 4.79 Å². The Kier molecular flexibility index (Phi) is 4.82. The highest BCUT2D eigenvalue weighted by Gasteiger charge is 2.25. The van der Waals surface area contributed by atoms with Gasteiger partial charge in [-0.1, -0.05) is 20.3 Å². The summed E-state index contributed by atoms with van der Waals surface area (Å²) < 4.78 is 1.42. The number of carboxylic acid groups (broad SMARTS) is 1. The fourth-order valence-corrected chi connectivity index (χ4v) is 1.92. The smallest absolute Gasteiger partial charge is 0.326 e. The maximum atomic E-state index is 12.3. The minimum Gasteiger partial charge on any atom is -0.480 e. The van der Waals surface area contributed by atoms with Gasteiger partial charge in [0.2, 0.25) is 0 Å². The molecule has 2 aromatic heterocycles. The van der Waals surface area contributed by atoms with Crippen molar-refractivity contribution in [1.82, 2.24) is 25.1 Å². The standard InChI is InChI=1S/C14H17N5O3/c1-3-9(2)12(14(21)22)18-13(20)10-4-5-16-11(6-10)19-8-15-7-17-19/h4-9,12H,3H2,1-2H3,(H,18,20)(H,21,22)/t9-,12-/m0/s1. The Labute approximate surface area is 127 Å². The lowest BCUT2D eigenvalue weighted by molar-refractivity contribution is -0.140. The van der Waals surface area contributed by atoms with Gasteiger partial charge >= 0.3 is 5.97 Å². The second-order valence-electron chi connectivity index (χ2n) is 4.92. The summed E-state index contributed by atoms with van der Waals surface area (Å²) in [5.74, 6) is -1.25. The van der Waals surface area contributed by atoms with Crippen LogP contribution in [0.4, 0.5) is 0 Å². The third-order valence-corrected chi connectivity index (χ3v) is 3.43. The minimum absolute atomic E-state index is 0.168. The average Bonchev–Trinajstić information content (AvgIpc) is 3.06. The molecule has 2 N–H and O–H groups in total. The predicted molar refractivity (Wildman–Crippen MR) is 77.5 cm³/mol. The van der Waals surface area contributed by atoms with Crippen LogP contribution in [0.15, 0.2) is 31.0 Å². The molecule has 0 aromatic carbocycles. The van der Waals surface area contributed by atoms with Gasteiger partial charge in [0.15, 0.2) is 5.82 Å². The van der Waals surface area contributed by atoms with Crippen molar-refractivity contribution in [1.29, 1.82) is 0 Å². The normalized spacial score (nSPS) is 13.4. The van der Waals surface area contributed by atoms with Crippen LogP contribution in [0.5, 0.6) is 0 Å². The predicted octanol–water partition coefficient (Wildman–Crippen LogP) is 0.891. The lowest BCUT2D eigenvalue weighted by Crippen LogP contribution is -2.45. The van der Waals surface area contributed by atoms with Crippen LogP contribution < -0.4 is 5.32 Å². The highest BCUT2D eigenvalue weighted by molar-refractivity contribution is 5.96. The molecule has 2 heterocycles. The second kappa shape index (κ2) is 6.79. The lowest BCUT2D eigenvalue weighted by atomic mass is 9.99. The number of aliphatic carboxylic acids is 1. The molecular weight excluding hydrogens is 286 g/mol. The van der Waals surface area contributed by atoms with Crippen LogP contribution in [-0.4, -0.2) is 42.8 Å². The summed E-state index contributed by atoms with van der Waals surface area (Å²) >= 11 is 0. The zero-order chi connectivity index (χ0) is 16.1. The van der Waals surface area contributed by atoms with E-state index in [2.05, 4.69) is 20.4 Å². The van der Waals surface area contributed by atoms with Crippen molar-refractivity contribution >= 4 is 11.9 Å². The molecule has 2 aromatic rings. The zero-order valence-corrected chi connectivity index (χ0v) is 12.3. The van der Waals surface area contributed by atoms with Crippen LogP contribution >= 0.6 is 0 Å². The van der Waals surface area contributed by atoms with Gasteiger partial charge in [-0.05, 0) is 18.1 Å². The molecule has 0 aliphatic heterocycles. The van der Waals surface area contributed by atoms with E-state index in [9.17, 15) is 14.7 Å². The maximum Gasteiger partial charge on any atom is 0.326 e. The Hall–Kier alpha value is -2.77. The number of pyridine rings is 1. The van der Waals surface area contributed by atoms with Crippen LogP contribution in [0.1, 0.15) is 30.6 Å². The number of carboxylic acids is 1. The number of hydrogen-bond donors (Lipinski definition) is 2. The molecule has 2 rings (SSSR count). The number of carbonyl (C=O) groups is 2. The number of nitrogens with zero attached hydrogens (tertiary/aromatic N) is 4. The molecule has 22 heavy (non-hydrogen) atoms. The van der Waals surface area contributed by atoms with Gasteiger partial charge in [-0.25, -0.2) is 19.4 Å². The molecule has 0 aliphatic carbocycles. The van der Waals surface area contributed by atoms with Crippen molar-refractivity contribution in [3.63, 3.8) is 0 Å².